The van der Waals surface area contributed by atoms with Gasteiger partial charge in [0.1, 0.15) is 84.3 Å². The minimum Gasteiger partial charge on any atom is -0.508 e. The maximum absolute atomic E-state index is 15.0. The van der Waals surface area contributed by atoms with Crippen LogP contribution in [-0.2, 0) is 102 Å². The van der Waals surface area contributed by atoms with Crippen molar-refractivity contribution in [2.45, 2.75) is 224 Å². The van der Waals surface area contributed by atoms with E-state index in [9.17, 15) is 118 Å². The molecule has 2 heterocycles. The number of hydrogen-bond acceptors (Lipinski definition) is 22. The summed E-state index contributed by atoms with van der Waals surface area (Å²) < 4.78 is 0. The maximum Gasteiger partial charge on any atom is 0.303 e. The van der Waals surface area contributed by atoms with E-state index >= 15 is 0 Å². The molecule has 0 aliphatic rings. The zero-order chi connectivity index (χ0) is 91.2. The van der Waals surface area contributed by atoms with Crippen LogP contribution in [0.15, 0.2) is 116 Å². The van der Waals surface area contributed by atoms with E-state index in [2.05, 4.69) is 79.1 Å². The van der Waals surface area contributed by atoms with Gasteiger partial charge in [-0.2, -0.15) is 0 Å². The maximum atomic E-state index is 15.0. The van der Waals surface area contributed by atoms with Crippen LogP contribution in [-0.4, -0.2) is 249 Å². The third-order valence-corrected chi connectivity index (χ3v) is 19.9. The number of amides is 14. The first kappa shape index (κ1) is 98.9. The summed E-state index contributed by atoms with van der Waals surface area (Å²) in [6, 6.07) is 4.60. The average Bonchev–Trinajstić information content (AvgIpc) is 1.65. The first-order chi connectivity index (χ1) is 58.0. The first-order valence-electron chi connectivity index (χ1n) is 39.9. The minimum absolute atomic E-state index is 0.215. The van der Waals surface area contributed by atoms with Crippen LogP contribution in [0.3, 0.4) is 0 Å². The average molecular weight is 1720 g/mol. The van der Waals surface area contributed by atoms with Gasteiger partial charge in [0.25, 0.3) is 0 Å². The summed E-state index contributed by atoms with van der Waals surface area (Å²) >= 11 is 0. The molecule has 40 nitrogen and oxygen atoms in total. The largest absolute Gasteiger partial charge is 0.508 e. The number of aromatic hydroxyl groups is 1. The fourth-order valence-corrected chi connectivity index (χ4v) is 13.3. The molecule has 0 radical (unpaired) electrons. The van der Waals surface area contributed by atoms with Gasteiger partial charge in [-0.15, -0.1) is 0 Å². The Morgan fingerprint density at radius 1 is 0.358 bits per heavy atom. The highest BCUT2D eigenvalue weighted by Gasteiger charge is 2.40. The summed E-state index contributed by atoms with van der Waals surface area (Å²) in [6.07, 6.45) is -8.25. The minimum atomic E-state index is -2.28. The van der Waals surface area contributed by atoms with Crippen molar-refractivity contribution >= 4 is 116 Å². The highest BCUT2D eigenvalue weighted by atomic mass is 16.5. The van der Waals surface area contributed by atoms with E-state index in [1.54, 1.807) is 127 Å². The van der Waals surface area contributed by atoms with Gasteiger partial charge in [-0.3, -0.25) is 76.7 Å². The number of aliphatic carboxylic acids is 2. The van der Waals surface area contributed by atoms with Crippen molar-refractivity contribution in [2.75, 3.05) is 6.61 Å². The number of fused-ring (bicyclic) bond motifs is 2. The Labute approximate surface area is 707 Å². The summed E-state index contributed by atoms with van der Waals surface area (Å²) in [5.41, 5.74) is 8.41. The molecule has 2 aromatic heterocycles. The monoisotopic (exact) mass is 1720 g/mol. The Morgan fingerprint density at radius 2 is 0.683 bits per heavy atom. The number of nitrogens with two attached hydrogens (primary N) is 1. The van der Waals surface area contributed by atoms with Crippen LogP contribution in [0.5, 0.6) is 5.75 Å². The van der Waals surface area contributed by atoms with E-state index in [0.29, 0.717) is 38.5 Å². The number of nitrogens with one attached hydrogen (secondary N) is 15. The third kappa shape index (κ3) is 30.9. The number of phenols is 1. The van der Waals surface area contributed by atoms with Gasteiger partial charge in [0.05, 0.1) is 18.8 Å². The molecule has 0 unspecified atom stereocenters. The number of carboxylic acids is 2. The van der Waals surface area contributed by atoms with Crippen LogP contribution < -0.4 is 74.9 Å². The molecule has 6 rings (SSSR count). The Bertz CT molecular complexity index is 4690. The Kier molecular flexibility index (Phi) is 38.1. The molecule has 0 aliphatic carbocycles. The van der Waals surface area contributed by atoms with Gasteiger partial charge in [0.2, 0.25) is 82.7 Å². The standard InChI is InChI=1S/C83H112N16O24/c1-40(2)31-57(74(114)94-62(36-66(109)110)77(117)92-61(79(119)97-67(41(3)4)71(84)111)35-49-38-86-54-22-16-14-20-52(49)54)90-75(115)58(33-47-23-25-50(104)26-24-47)91-73(113)56(28-30-65(107)108)88-72(112)55(27-29-64(105)106)89-76(116)60(34-48-37-85-53-21-15-13-19-51(48)53)93-80(120)63(39-100)96-82(122)70(44(8)102)99-78(118)59(32-46-17-11-10-12-18-46)95-81(121)68(42(5)6)98-83(123)69(43(7)101)87-45(9)103/h10-26,37-38,40-44,55-63,66-70,85-86,100-102,104,109-110H,27-36,39H2,1-9H3,(H2,84,111)(H,87,103)(H,88,112)(H,89,116)(H,90,115)(H,91,113)(H,92,117)(H,93,120)(H,94,114)(H,95,121)(H,96,122)(H,97,119)(H,98,123)(H,99,118)(H,105,106)(H,107,108)/t43-,44-,55+,56+,57+,58+,59+,60+,61+,62+,63+,67+,68+,69+,70+/m1/s1. The van der Waals surface area contributed by atoms with Crippen LogP contribution in [0.4, 0.5) is 0 Å². The number of carbonyl (C=O) groups excluding carboxylic acids is 14. The molecule has 0 fully saturated rings. The molecule has 15 atom stereocenters. The Hall–Kier alpha value is -12.9. The number of rotatable bonds is 49. The third-order valence-electron chi connectivity index (χ3n) is 19.9. The highest BCUT2D eigenvalue weighted by molar-refractivity contribution is 6.01. The number of phenolic OH excluding ortho intramolecular Hbond substituents is 1. The molecular formula is C83H112N16O24. The molecule has 0 spiro atoms. The quantitative estimate of drug-likeness (QED) is 0.0169. The van der Waals surface area contributed by atoms with Crippen LogP contribution >= 0.6 is 0 Å². The van der Waals surface area contributed by atoms with Gasteiger partial charge < -0.3 is 126 Å². The molecule has 4 aromatic carbocycles. The predicted octanol–water partition coefficient (Wildman–Crippen LogP) is -3.02. The van der Waals surface area contributed by atoms with Crippen LogP contribution in [0, 0.1) is 17.8 Å². The van der Waals surface area contributed by atoms with Gasteiger partial charge >= 0.3 is 11.9 Å². The zero-order valence-corrected chi connectivity index (χ0v) is 69.4. The number of aliphatic hydroxyl groups is 5. The van der Waals surface area contributed by atoms with Crippen molar-refractivity contribution in [1.29, 1.82) is 0 Å². The summed E-state index contributed by atoms with van der Waals surface area (Å²) in [6.45, 7) is 11.8. The van der Waals surface area contributed by atoms with Crippen LogP contribution in [0.25, 0.3) is 21.8 Å². The molecule has 25 N–H and O–H groups in total. The van der Waals surface area contributed by atoms with Gasteiger partial charge in [-0.05, 0) is 97.4 Å². The molecule has 0 aliphatic heterocycles. The van der Waals surface area contributed by atoms with Crippen molar-refractivity contribution in [2.24, 2.45) is 23.5 Å². The van der Waals surface area contributed by atoms with Crippen molar-refractivity contribution in [3.05, 3.63) is 138 Å². The summed E-state index contributed by atoms with van der Waals surface area (Å²) in [4.78, 5) is 229. The van der Waals surface area contributed by atoms with Crippen LogP contribution in [0.1, 0.15) is 123 Å². The van der Waals surface area contributed by atoms with Crippen molar-refractivity contribution < 1.29 is 118 Å². The summed E-state index contributed by atoms with van der Waals surface area (Å²) in [7, 11) is 0. The molecule has 123 heavy (non-hydrogen) atoms. The number of para-hydroxylation sites is 2. The lowest BCUT2D eigenvalue weighted by Crippen LogP contribution is -2.63. The Morgan fingerprint density at radius 3 is 1.09 bits per heavy atom. The predicted molar refractivity (Wildman–Crippen MR) is 442 cm³/mol. The second-order valence-electron chi connectivity index (χ2n) is 31.1. The topological polar surface area (TPSA) is 649 Å². The van der Waals surface area contributed by atoms with E-state index in [1.807, 2.05) is 0 Å². The van der Waals surface area contributed by atoms with Gasteiger partial charge in [-0.1, -0.05) is 120 Å². The molecule has 6 aromatic rings. The first-order valence-corrected chi connectivity index (χ1v) is 39.9. The van der Waals surface area contributed by atoms with E-state index in [-0.39, 0.29) is 30.6 Å². The molecule has 14 amide bonds. The number of aromatic amines is 2. The number of carbonyl (C=O) groups is 16. The Balaban J connectivity index is 1.27. The molecule has 0 bridgehead atoms. The number of aromatic nitrogens is 2. The SMILES string of the molecule is CC(=O)N[C@H](C(=O)N[C@H](C(=O)N[C@@H](Cc1ccccc1)C(=O)N[C@H](C(=O)N[C@@H](CO)C(=O)N[C@@H](Cc1c[nH]c2ccccc12)C(=O)N[C@@H](CCC(=O)O)C(=O)N[C@@H](CCC(=O)O)C(=O)N[C@@H](Cc1ccc(O)cc1)C(=O)N[C@@H](CC(C)C)C(=O)N[C@@H](CC(O)O)C(=O)N[C@@H](Cc1c[nH]c2ccccc12)C(=O)N[C@H](C(N)=O)C(C)C)[C@@H](C)O)C(C)C)[C@@H](C)O. The van der Waals surface area contributed by atoms with Gasteiger partial charge in [0.15, 0.2) is 6.29 Å². The summed E-state index contributed by atoms with van der Waals surface area (Å²) in [5, 5.41) is 116. The second kappa shape index (κ2) is 47.3. The number of primary amides is 1. The number of benzene rings is 4. The van der Waals surface area contributed by atoms with Gasteiger partial charge in [0, 0.05) is 86.1 Å². The summed E-state index contributed by atoms with van der Waals surface area (Å²) in [5.74, 6) is -20.2. The fourth-order valence-electron chi connectivity index (χ4n) is 13.3. The van der Waals surface area contributed by atoms with Crippen LogP contribution in [0.2, 0.25) is 0 Å². The lowest BCUT2D eigenvalue weighted by atomic mass is 9.99. The molecule has 0 saturated heterocycles. The number of H-pyrrole nitrogens is 2. The van der Waals surface area contributed by atoms with E-state index < -0.39 is 261 Å². The van der Waals surface area contributed by atoms with E-state index in [1.165, 1.54) is 37.4 Å². The van der Waals surface area contributed by atoms with Gasteiger partial charge in [-0.25, -0.2) is 0 Å². The van der Waals surface area contributed by atoms with E-state index in [0.717, 1.165) is 13.8 Å². The lowest BCUT2D eigenvalue weighted by molar-refractivity contribution is -0.140. The van der Waals surface area contributed by atoms with Crippen molar-refractivity contribution in [3.8, 4) is 5.75 Å². The normalized spacial score (nSPS) is 15.1. The smallest absolute Gasteiger partial charge is 0.303 e. The number of carboxylic acid groups (broad SMARTS) is 2. The fraction of sp³-hybridized carbons (Fsp3) is 0.470. The zero-order valence-electron chi connectivity index (χ0n) is 69.4. The lowest BCUT2D eigenvalue weighted by Gasteiger charge is -2.29. The van der Waals surface area contributed by atoms with Crippen molar-refractivity contribution in [3.63, 3.8) is 0 Å². The molecule has 668 valence electrons. The molecule has 0 saturated carbocycles. The van der Waals surface area contributed by atoms with E-state index in [4.69, 9.17) is 5.73 Å². The number of hydrogen-bond donors (Lipinski definition) is 24. The molecule has 40 heteroatoms. The molecular weight excluding hydrogens is 1610 g/mol. The second-order valence-corrected chi connectivity index (χ2v) is 31.1. The number of aliphatic hydroxyl groups excluding tert-OH is 4. The highest BCUT2D eigenvalue weighted by Crippen LogP contribution is 2.23. The van der Waals surface area contributed by atoms with Crippen molar-refractivity contribution in [1.82, 2.24) is 79.1 Å².